The van der Waals surface area contributed by atoms with E-state index in [1.807, 2.05) is 24.3 Å². The fraction of sp³-hybridized carbons (Fsp3) is 0.455. The number of carbonyl (C=O) groups excluding carboxylic acids is 2. The van der Waals surface area contributed by atoms with Gasteiger partial charge in [0.15, 0.2) is 11.9 Å². The molecule has 1 fully saturated rings. The summed E-state index contributed by atoms with van der Waals surface area (Å²) in [6.45, 7) is 7.22. The molecule has 3 rings (SSSR count). The quantitative estimate of drug-likeness (QED) is 0.826. The molecule has 0 radical (unpaired) electrons. The van der Waals surface area contributed by atoms with Gasteiger partial charge in [-0.05, 0) is 55.5 Å². The van der Waals surface area contributed by atoms with Crippen molar-refractivity contribution in [1.82, 2.24) is 10.2 Å². The molecule has 6 nitrogen and oxygen atoms in total. The molecule has 0 bridgehead atoms. The van der Waals surface area contributed by atoms with Crippen LogP contribution in [0.5, 0.6) is 5.75 Å². The van der Waals surface area contributed by atoms with Gasteiger partial charge in [-0.25, -0.2) is 0 Å². The summed E-state index contributed by atoms with van der Waals surface area (Å²) < 4.78 is 10.9. The topological polar surface area (TPSA) is 71.8 Å². The predicted octanol–water partition coefficient (Wildman–Crippen LogP) is 3.59. The summed E-state index contributed by atoms with van der Waals surface area (Å²) >= 11 is 0. The summed E-state index contributed by atoms with van der Waals surface area (Å²) in [5.74, 6) is 1.26. The minimum atomic E-state index is -0.576. The number of furan rings is 1. The second-order valence-electron chi connectivity index (χ2n) is 7.54. The summed E-state index contributed by atoms with van der Waals surface area (Å²) in [7, 11) is 0. The molecule has 2 heterocycles. The number of amides is 2. The number of hydrogen-bond acceptors (Lipinski definition) is 4. The van der Waals surface area contributed by atoms with Gasteiger partial charge >= 0.3 is 0 Å². The number of hydrogen-bond donors (Lipinski definition) is 1. The molecule has 0 spiro atoms. The van der Waals surface area contributed by atoms with Crippen LogP contribution in [0.2, 0.25) is 0 Å². The lowest BCUT2D eigenvalue weighted by atomic mass is 10.0. The van der Waals surface area contributed by atoms with Crippen LogP contribution in [0.1, 0.15) is 55.6 Å². The molecule has 1 atom stereocenters. The van der Waals surface area contributed by atoms with Crippen molar-refractivity contribution in [1.29, 1.82) is 0 Å². The molecule has 0 aliphatic carbocycles. The predicted molar refractivity (Wildman–Crippen MR) is 106 cm³/mol. The van der Waals surface area contributed by atoms with Crippen molar-refractivity contribution in [2.24, 2.45) is 0 Å². The van der Waals surface area contributed by atoms with Gasteiger partial charge in [-0.15, -0.1) is 0 Å². The molecule has 1 unspecified atom stereocenters. The van der Waals surface area contributed by atoms with Crippen molar-refractivity contribution in [2.75, 3.05) is 13.1 Å². The van der Waals surface area contributed by atoms with E-state index < -0.39 is 6.10 Å². The lowest BCUT2D eigenvalue weighted by Gasteiger charge is -2.32. The Balaban J connectivity index is 1.45. The maximum Gasteiger partial charge on any atom is 0.289 e. The van der Waals surface area contributed by atoms with Gasteiger partial charge < -0.3 is 19.4 Å². The first kappa shape index (κ1) is 20.0. The Hall–Kier alpha value is -2.76. The van der Waals surface area contributed by atoms with Gasteiger partial charge in [0.05, 0.1) is 6.26 Å². The van der Waals surface area contributed by atoms with Crippen LogP contribution >= 0.6 is 0 Å². The smallest absolute Gasteiger partial charge is 0.289 e. The van der Waals surface area contributed by atoms with Crippen molar-refractivity contribution >= 4 is 11.8 Å². The van der Waals surface area contributed by atoms with Crippen LogP contribution < -0.4 is 10.1 Å². The Morgan fingerprint density at radius 1 is 1.11 bits per heavy atom. The van der Waals surface area contributed by atoms with Crippen LogP contribution in [0, 0.1) is 0 Å². The van der Waals surface area contributed by atoms with Gasteiger partial charge in [0.2, 0.25) is 0 Å². The van der Waals surface area contributed by atoms with Gasteiger partial charge in [0, 0.05) is 19.1 Å². The van der Waals surface area contributed by atoms with E-state index in [4.69, 9.17) is 9.15 Å². The average molecular weight is 384 g/mol. The van der Waals surface area contributed by atoms with E-state index in [-0.39, 0.29) is 17.9 Å². The minimum Gasteiger partial charge on any atom is -0.481 e. The zero-order valence-corrected chi connectivity index (χ0v) is 16.7. The van der Waals surface area contributed by atoms with Crippen molar-refractivity contribution < 1.29 is 18.7 Å². The van der Waals surface area contributed by atoms with Gasteiger partial charge in [-0.2, -0.15) is 0 Å². The maximum atomic E-state index is 12.5. The Kier molecular flexibility index (Phi) is 6.39. The number of rotatable bonds is 6. The molecule has 150 valence electrons. The number of nitrogens with zero attached hydrogens (tertiary/aromatic N) is 1. The van der Waals surface area contributed by atoms with Crippen LogP contribution in [0.25, 0.3) is 0 Å². The lowest BCUT2D eigenvalue weighted by Crippen LogP contribution is -2.49. The first-order chi connectivity index (χ1) is 13.4. The Morgan fingerprint density at radius 3 is 2.36 bits per heavy atom. The Bertz CT molecular complexity index is 775. The van der Waals surface area contributed by atoms with E-state index in [2.05, 4.69) is 19.2 Å². The third-order valence-corrected chi connectivity index (χ3v) is 5.09. The van der Waals surface area contributed by atoms with E-state index in [1.165, 1.54) is 11.8 Å². The Labute approximate surface area is 165 Å². The Morgan fingerprint density at radius 2 is 1.79 bits per heavy atom. The van der Waals surface area contributed by atoms with E-state index in [1.54, 1.807) is 24.0 Å². The number of ether oxygens (including phenoxy) is 1. The highest BCUT2D eigenvalue weighted by Gasteiger charge is 2.27. The molecule has 1 aliphatic heterocycles. The fourth-order valence-electron chi connectivity index (χ4n) is 3.29. The van der Waals surface area contributed by atoms with Gasteiger partial charge in [0.25, 0.3) is 11.8 Å². The second kappa shape index (κ2) is 8.95. The summed E-state index contributed by atoms with van der Waals surface area (Å²) in [6.07, 6.45) is 2.35. The fourth-order valence-corrected chi connectivity index (χ4v) is 3.29. The highest BCUT2D eigenvalue weighted by molar-refractivity contribution is 5.91. The van der Waals surface area contributed by atoms with Gasteiger partial charge in [-0.1, -0.05) is 26.0 Å². The second-order valence-corrected chi connectivity index (χ2v) is 7.54. The standard InChI is InChI=1S/C22H28N2O4/c1-15(2)17-6-8-19(9-7-17)28-16(3)21(25)23-18-10-12-24(13-11-18)22(26)20-5-4-14-27-20/h4-9,14-16,18H,10-13H2,1-3H3,(H,23,25). The summed E-state index contributed by atoms with van der Waals surface area (Å²) in [6, 6.07) is 11.3. The molecule has 1 saturated heterocycles. The van der Waals surface area contributed by atoms with Gasteiger partial charge in [0.1, 0.15) is 5.75 Å². The van der Waals surface area contributed by atoms with E-state index in [0.717, 1.165) is 0 Å². The van der Waals surface area contributed by atoms with E-state index >= 15 is 0 Å². The molecule has 2 amide bonds. The van der Waals surface area contributed by atoms with Crippen molar-refractivity contribution in [3.63, 3.8) is 0 Å². The first-order valence-corrected chi connectivity index (χ1v) is 9.84. The van der Waals surface area contributed by atoms with Crippen molar-refractivity contribution in [2.45, 2.75) is 51.7 Å². The molecular weight excluding hydrogens is 356 g/mol. The summed E-state index contributed by atoms with van der Waals surface area (Å²) in [5.41, 5.74) is 1.24. The third kappa shape index (κ3) is 4.94. The number of piperidine rings is 1. The number of nitrogens with one attached hydrogen (secondary N) is 1. The molecule has 1 N–H and O–H groups in total. The zero-order chi connectivity index (χ0) is 20.1. The number of benzene rings is 1. The normalized spacial score (nSPS) is 16.1. The minimum absolute atomic E-state index is 0.0440. The molecule has 28 heavy (non-hydrogen) atoms. The molecule has 1 aromatic heterocycles. The van der Waals surface area contributed by atoms with Gasteiger partial charge in [-0.3, -0.25) is 9.59 Å². The van der Waals surface area contributed by atoms with Crippen LogP contribution in [0.3, 0.4) is 0 Å². The molecular formula is C22H28N2O4. The molecule has 0 saturated carbocycles. The van der Waals surface area contributed by atoms with Crippen LogP contribution in [-0.4, -0.2) is 41.9 Å². The summed E-state index contributed by atoms with van der Waals surface area (Å²) in [5, 5.41) is 3.04. The monoisotopic (exact) mass is 384 g/mol. The lowest BCUT2D eigenvalue weighted by molar-refractivity contribution is -0.128. The average Bonchev–Trinajstić information content (AvgIpc) is 3.23. The molecule has 1 aliphatic rings. The van der Waals surface area contributed by atoms with E-state index in [9.17, 15) is 9.59 Å². The number of likely N-dealkylation sites (tertiary alicyclic amines) is 1. The molecule has 2 aromatic rings. The number of carbonyl (C=O) groups is 2. The third-order valence-electron chi connectivity index (χ3n) is 5.09. The maximum absolute atomic E-state index is 12.5. The van der Waals surface area contributed by atoms with Crippen molar-refractivity contribution in [3.05, 3.63) is 54.0 Å². The highest BCUT2D eigenvalue weighted by atomic mass is 16.5. The zero-order valence-electron chi connectivity index (χ0n) is 16.7. The summed E-state index contributed by atoms with van der Waals surface area (Å²) in [4.78, 5) is 26.5. The van der Waals surface area contributed by atoms with E-state index in [0.29, 0.717) is 43.4 Å². The first-order valence-electron chi connectivity index (χ1n) is 9.84. The molecule has 1 aromatic carbocycles. The van der Waals surface area contributed by atoms with Crippen LogP contribution in [-0.2, 0) is 4.79 Å². The highest BCUT2D eigenvalue weighted by Crippen LogP contribution is 2.20. The van der Waals surface area contributed by atoms with Crippen LogP contribution in [0.15, 0.2) is 47.1 Å². The van der Waals surface area contributed by atoms with Crippen LogP contribution in [0.4, 0.5) is 0 Å². The largest absolute Gasteiger partial charge is 0.481 e. The molecule has 6 heteroatoms. The van der Waals surface area contributed by atoms with Crippen molar-refractivity contribution in [3.8, 4) is 5.75 Å². The SMILES string of the molecule is CC(Oc1ccc(C(C)C)cc1)C(=O)NC1CCN(C(=O)c2ccco2)CC1.